The second kappa shape index (κ2) is 7.64. The third kappa shape index (κ3) is 3.05. The summed E-state index contributed by atoms with van der Waals surface area (Å²) in [6, 6.07) is 36.1. The van der Waals surface area contributed by atoms with Crippen molar-refractivity contribution < 1.29 is 14.2 Å². The molecular weight excluding hydrogens is 456 g/mol. The van der Waals surface area contributed by atoms with E-state index in [2.05, 4.69) is 111 Å². The molecule has 2 heterocycles. The van der Waals surface area contributed by atoms with Crippen molar-refractivity contribution in [2.45, 2.75) is 49.1 Å². The highest BCUT2D eigenvalue weighted by Crippen LogP contribution is 2.54. The van der Waals surface area contributed by atoms with Crippen LogP contribution in [0.25, 0.3) is 0 Å². The maximum Gasteiger partial charge on any atom is 0.148 e. The molecule has 4 aromatic carbocycles. The Hall–Kier alpha value is -3.24. The van der Waals surface area contributed by atoms with Crippen molar-refractivity contribution in [3.05, 3.63) is 142 Å². The number of hydrogen-bond donors (Lipinski definition) is 0. The average Bonchev–Trinajstić information content (AvgIpc) is 3.88. The van der Waals surface area contributed by atoms with E-state index >= 15 is 0 Å². The van der Waals surface area contributed by atoms with Crippen molar-refractivity contribution in [1.29, 1.82) is 0 Å². The standard InChI is InChI=1S/C34H30O3/c1-21-23-3-11-27(12-4-23)33(31-19-35-31,28-13-5-24(21)6-14-28)37-34(32-20-36-32)29-15-7-25(8-16-29)22(2)26-9-17-30(34)18-10-26/h3-18,21-22,31-32H,19-20H2,1-2H3. The topological polar surface area (TPSA) is 34.3 Å². The summed E-state index contributed by atoms with van der Waals surface area (Å²) >= 11 is 0. The molecule has 37 heavy (non-hydrogen) atoms. The highest BCUT2D eigenvalue weighted by Gasteiger charge is 2.60. The molecule has 0 aromatic heterocycles. The van der Waals surface area contributed by atoms with Crippen LogP contribution in [0.2, 0.25) is 0 Å². The van der Waals surface area contributed by atoms with Crippen LogP contribution in [0.5, 0.6) is 0 Å². The summed E-state index contributed by atoms with van der Waals surface area (Å²) in [5.74, 6) is 0.690. The molecule has 2 fully saturated rings. The van der Waals surface area contributed by atoms with E-state index in [0.29, 0.717) is 25.0 Å². The van der Waals surface area contributed by atoms with Gasteiger partial charge in [0.1, 0.15) is 23.4 Å². The second-order valence-corrected chi connectivity index (χ2v) is 11.1. The Bertz CT molecular complexity index is 1250. The lowest BCUT2D eigenvalue weighted by Gasteiger charge is -2.45. The van der Waals surface area contributed by atoms with Gasteiger partial charge in [0.05, 0.1) is 13.2 Å². The molecular formula is C34H30O3. The summed E-state index contributed by atoms with van der Waals surface area (Å²) in [6.45, 7) is 5.87. The first-order valence-electron chi connectivity index (χ1n) is 13.4. The van der Waals surface area contributed by atoms with E-state index in [1.807, 2.05) is 0 Å². The molecule has 8 bridgehead atoms. The Morgan fingerprint density at radius 2 is 0.730 bits per heavy atom. The molecule has 3 heteroatoms. The Morgan fingerprint density at radius 3 is 0.946 bits per heavy atom. The van der Waals surface area contributed by atoms with Gasteiger partial charge in [-0.3, -0.25) is 0 Å². The number of hydrogen-bond acceptors (Lipinski definition) is 3. The molecule has 3 nitrogen and oxygen atoms in total. The van der Waals surface area contributed by atoms with Gasteiger partial charge in [0.25, 0.3) is 0 Å². The molecule has 2 unspecified atom stereocenters. The number of rotatable bonds is 4. The van der Waals surface area contributed by atoms with Crippen molar-refractivity contribution >= 4 is 0 Å². The average molecular weight is 487 g/mol. The van der Waals surface area contributed by atoms with Gasteiger partial charge in [0.2, 0.25) is 0 Å². The van der Waals surface area contributed by atoms with E-state index in [4.69, 9.17) is 14.2 Å². The van der Waals surface area contributed by atoms with Gasteiger partial charge < -0.3 is 14.2 Å². The molecule has 14 rings (SSSR count). The lowest BCUT2D eigenvalue weighted by Crippen LogP contribution is -2.49. The van der Waals surface area contributed by atoms with Crippen LogP contribution in [0.1, 0.15) is 70.2 Å². The van der Waals surface area contributed by atoms with Crippen molar-refractivity contribution in [2.75, 3.05) is 13.2 Å². The minimum absolute atomic E-state index is 0.0781. The molecule has 184 valence electrons. The van der Waals surface area contributed by atoms with E-state index < -0.39 is 11.2 Å². The van der Waals surface area contributed by atoms with E-state index in [9.17, 15) is 0 Å². The van der Waals surface area contributed by atoms with E-state index in [-0.39, 0.29) is 12.2 Å². The van der Waals surface area contributed by atoms with Gasteiger partial charge in [-0.1, -0.05) is 111 Å². The van der Waals surface area contributed by atoms with Gasteiger partial charge in [-0.2, -0.15) is 0 Å². The maximum atomic E-state index is 7.74. The van der Waals surface area contributed by atoms with Gasteiger partial charge in [0.15, 0.2) is 0 Å². The largest absolute Gasteiger partial charge is 0.369 e. The van der Waals surface area contributed by atoms with E-state index in [1.54, 1.807) is 0 Å². The second-order valence-electron chi connectivity index (χ2n) is 11.1. The molecule has 2 atom stereocenters. The van der Waals surface area contributed by atoms with Crippen LogP contribution >= 0.6 is 0 Å². The van der Waals surface area contributed by atoms with Crippen LogP contribution in [0, 0.1) is 0 Å². The summed E-state index contributed by atoms with van der Waals surface area (Å²) in [5.41, 5.74) is 8.17. The fourth-order valence-electron chi connectivity index (χ4n) is 6.73. The summed E-state index contributed by atoms with van der Waals surface area (Å²) in [7, 11) is 0. The Kier molecular flexibility index (Phi) is 4.50. The van der Waals surface area contributed by atoms with Crippen LogP contribution < -0.4 is 0 Å². The van der Waals surface area contributed by atoms with E-state index in [0.717, 1.165) is 22.3 Å². The lowest BCUT2D eigenvalue weighted by atomic mass is 9.75. The molecule has 0 radical (unpaired) electrons. The fourth-order valence-corrected chi connectivity index (χ4v) is 6.73. The quantitative estimate of drug-likeness (QED) is 0.304. The first-order chi connectivity index (χ1) is 18.1. The predicted octanol–water partition coefficient (Wildman–Crippen LogP) is 6.62. The highest BCUT2D eigenvalue weighted by molar-refractivity contribution is 5.50. The fraction of sp³-hybridized carbons (Fsp3) is 0.294. The molecule has 8 aliphatic carbocycles. The summed E-state index contributed by atoms with van der Waals surface area (Å²) in [6.07, 6.45) is -0.156. The van der Waals surface area contributed by atoms with Crippen LogP contribution in [-0.2, 0) is 25.4 Å². The smallest absolute Gasteiger partial charge is 0.148 e. The zero-order chi connectivity index (χ0) is 24.8. The van der Waals surface area contributed by atoms with Gasteiger partial charge in [-0.15, -0.1) is 0 Å². The normalized spacial score (nSPS) is 32.5. The Morgan fingerprint density at radius 1 is 0.486 bits per heavy atom. The van der Waals surface area contributed by atoms with Crippen LogP contribution in [0.15, 0.2) is 97.1 Å². The monoisotopic (exact) mass is 486 g/mol. The minimum Gasteiger partial charge on any atom is -0.369 e. The van der Waals surface area contributed by atoms with Crippen LogP contribution in [0.4, 0.5) is 0 Å². The third-order valence-corrected chi connectivity index (χ3v) is 9.25. The SMILES string of the molecule is CC1c2ccc(cc2)C(OC2(C3CO3)c3ccc(cc3)C(C)c3ccc2cc3)(C2CO2)c2ccc1cc2. The van der Waals surface area contributed by atoms with Gasteiger partial charge in [-0.25, -0.2) is 0 Å². The number of ether oxygens (including phenoxy) is 3. The first kappa shape index (κ1) is 21.8. The Labute approximate surface area is 218 Å². The van der Waals surface area contributed by atoms with Crippen LogP contribution in [0.3, 0.4) is 0 Å². The highest BCUT2D eigenvalue weighted by atomic mass is 16.6. The summed E-state index contributed by atoms with van der Waals surface area (Å²) < 4.78 is 20.0. The zero-order valence-corrected chi connectivity index (χ0v) is 21.2. The Balaban J connectivity index is 1.40. The van der Waals surface area contributed by atoms with Gasteiger partial charge in [0, 0.05) is 11.8 Å². The molecule has 10 aliphatic rings. The summed E-state index contributed by atoms with van der Waals surface area (Å²) in [4.78, 5) is 0. The maximum absolute atomic E-state index is 7.74. The molecule has 0 saturated carbocycles. The molecule has 0 spiro atoms. The minimum atomic E-state index is -0.779. The van der Waals surface area contributed by atoms with E-state index in [1.165, 1.54) is 22.3 Å². The molecule has 4 aromatic rings. The lowest BCUT2D eigenvalue weighted by molar-refractivity contribution is -0.147. The van der Waals surface area contributed by atoms with Gasteiger partial charge in [-0.05, 0) is 44.5 Å². The zero-order valence-electron chi connectivity index (χ0n) is 21.2. The predicted molar refractivity (Wildman–Crippen MR) is 143 cm³/mol. The van der Waals surface area contributed by atoms with Crippen LogP contribution in [-0.4, -0.2) is 25.4 Å². The molecule has 2 saturated heterocycles. The number of epoxide rings is 2. The van der Waals surface area contributed by atoms with Crippen molar-refractivity contribution in [2.24, 2.45) is 0 Å². The first-order valence-corrected chi connectivity index (χ1v) is 13.4. The third-order valence-electron chi connectivity index (χ3n) is 9.25. The number of benzene rings is 4. The van der Waals surface area contributed by atoms with Gasteiger partial charge >= 0.3 is 0 Å². The summed E-state index contributed by atoms with van der Waals surface area (Å²) in [5, 5.41) is 0. The van der Waals surface area contributed by atoms with Crippen molar-refractivity contribution in [3.63, 3.8) is 0 Å². The van der Waals surface area contributed by atoms with Crippen molar-refractivity contribution in [3.8, 4) is 0 Å². The van der Waals surface area contributed by atoms with Crippen molar-refractivity contribution in [1.82, 2.24) is 0 Å². The molecule has 2 aliphatic heterocycles. The molecule has 0 amide bonds. The molecule has 0 N–H and O–H groups in total.